The number of fused-ring (bicyclic) bond motifs is 8. The minimum absolute atomic E-state index is 0.878. The van der Waals surface area contributed by atoms with E-state index >= 15 is 0 Å². The molecule has 3 heteroatoms. The van der Waals surface area contributed by atoms with E-state index in [0.29, 0.717) is 0 Å². The van der Waals surface area contributed by atoms with Crippen LogP contribution in [0.3, 0.4) is 0 Å². The molecular weight excluding hydrogens is 671 g/mol. The summed E-state index contributed by atoms with van der Waals surface area (Å²) in [6, 6.07) is 71.0. The van der Waals surface area contributed by atoms with E-state index in [2.05, 4.69) is 193 Å². The van der Waals surface area contributed by atoms with Crippen LogP contribution in [0.25, 0.3) is 88.0 Å². The maximum absolute atomic E-state index is 6.53. The van der Waals surface area contributed by atoms with Gasteiger partial charge in [0.25, 0.3) is 0 Å². The van der Waals surface area contributed by atoms with E-state index in [-0.39, 0.29) is 0 Å². The highest BCUT2D eigenvalue weighted by Crippen LogP contribution is 2.44. The van der Waals surface area contributed by atoms with Crippen molar-refractivity contribution in [3.05, 3.63) is 200 Å². The fourth-order valence-electron chi connectivity index (χ4n) is 8.20. The summed E-state index contributed by atoms with van der Waals surface area (Å²) in [6.07, 6.45) is 0. The third-order valence-electron chi connectivity index (χ3n) is 10.9. The van der Waals surface area contributed by atoms with Gasteiger partial charge < -0.3 is 13.7 Å². The molecule has 55 heavy (non-hydrogen) atoms. The first-order valence-electron chi connectivity index (χ1n) is 18.7. The predicted octanol–water partition coefficient (Wildman–Crippen LogP) is 15.1. The Morgan fingerprint density at radius 1 is 0.309 bits per heavy atom. The molecule has 0 N–H and O–H groups in total. The van der Waals surface area contributed by atoms with Crippen LogP contribution < -0.4 is 4.90 Å². The summed E-state index contributed by atoms with van der Waals surface area (Å²) in [5.74, 6) is 0. The van der Waals surface area contributed by atoms with E-state index in [1.807, 2.05) is 12.1 Å². The van der Waals surface area contributed by atoms with Gasteiger partial charge in [-0.2, -0.15) is 0 Å². The molecule has 0 aliphatic carbocycles. The lowest BCUT2D eigenvalue weighted by Gasteiger charge is -2.28. The summed E-state index contributed by atoms with van der Waals surface area (Å²) in [5.41, 5.74) is 13.6. The Kier molecular flexibility index (Phi) is 7.17. The molecule has 0 saturated heterocycles. The number of benzene rings is 9. The minimum Gasteiger partial charge on any atom is -0.456 e. The Morgan fingerprint density at radius 2 is 0.855 bits per heavy atom. The van der Waals surface area contributed by atoms with Gasteiger partial charge in [0.05, 0.1) is 5.69 Å². The second kappa shape index (κ2) is 12.6. The summed E-state index contributed by atoms with van der Waals surface area (Å²) in [7, 11) is 0. The minimum atomic E-state index is 0.878. The molecule has 0 atom stereocenters. The van der Waals surface area contributed by atoms with Gasteiger partial charge in [-0.15, -0.1) is 0 Å². The SMILES string of the molecule is c1ccc(-c2ccc(N(c3ccc(-c4ccc5c(c4)oc4ccccc45)cc3)c3ccccc3-c3ccc4c(c3)oc3ccc5ccccc5c34)cc2)cc1. The Balaban J connectivity index is 1.03. The largest absolute Gasteiger partial charge is 0.456 e. The first kappa shape index (κ1) is 31.2. The van der Waals surface area contributed by atoms with Crippen molar-refractivity contribution in [1.82, 2.24) is 0 Å². The van der Waals surface area contributed by atoms with Gasteiger partial charge >= 0.3 is 0 Å². The molecule has 3 nitrogen and oxygen atoms in total. The Hall–Kier alpha value is -7.36. The molecule has 11 rings (SSSR count). The molecule has 0 aliphatic rings. The zero-order chi connectivity index (χ0) is 36.3. The topological polar surface area (TPSA) is 29.5 Å². The van der Waals surface area contributed by atoms with Crippen LogP contribution in [-0.4, -0.2) is 0 Å². The summed E-state index contributed by atoms with van der Waals surface area (Å²) in [4.78, 5) is 2.35. The monoisotopic (exact) mass is 703 g/mol. The van der Waals surface area contributed by atoms with E-state index in [9.17, 15) is 0 Å². The maximum atomic E-state index is 6.53. The molecule has 0 fully saturated rings. The van der Waals surface area contributed by atoms with Gasteiger partial charge in [-0.05, 0) is 105 Å². The van der Waals surface area contributed by atoms with Crippen LogP contribution in [0.5, 0.6) is 0 Å². The summed E-state index contributed by atoms with van der Waals surface area (Å²) >= 11 is 0. The van der Waals surface area contributed by atoms with Crippen LogP contribution in [0, 0.1) is 0 Å². The molecule has 0 unspecified atom stereocenters. The number of hydrogen-bond acceptors (Lipinski definition) is 3. The molecule has 11 aromatic rings. The van der Waals surface area contributed by atoms with E-state index in [1.54, 1.807) is 0 Å². The summed E-state index contributed by atoms with van der Waals surface area (Å²) in [5, 5.41) is 6.97. The van der Waals surface area contributed by atoms with Crippen molar-refractivity contribution in [3.8, 4) is 33.4 Å². The van der Waals surface area contributed by atoms with Crippen molar-refractivity contribution in [1.29, 1.82) is 0 Å². The van der Waals surface area contributed by atoms with Gasteiger partial charge in [0.2, 0.25) is 0 Å². The lowest BCUT2D eigenvalue weighted by atomic mass is 9.98. The molecule has 0 bridgehead atoms. The van der Waals surface area contributed by atoms with Crippen molar-refractivity contribution in [2.24, 2.45) is 0 Å². The van der Waals surface area contributed by atoms with Crippen molar-refractivity contribution >= 4 is 71.7 Å². The van der Waals surface area contributed by atoms with Crippen LogP contribution in [0.1, 0.15) is 0 Å². The van der Waals surface area contributed by atoms with E-state index < -0.39 is 0 Å². The highest BCUT2D eigenvalue weighted by Gasteiger charge is 2.19. The van der Waals surface area contributed by atoms with Crippen molar-refractivity contribution in [2.45, 2.75) is 0 Å². The molecule has 0 saturated carbocycles. The molecule has 0 radical (unpaired) electrons. The average Bonchev–Trinajstić information content (AvgIpc) is 3.83. The average molecular weight is 704 g/mol. The Bertz CT molecular complexity index is 3190. The second-order valence-corrected chi connectivity index (χ2v) is 14.1. The number of hydrogen-bond donors (Lipinski definition) is 0. The highest BCUT2D eigenvalue weighted by molar-refractivity contribution is 6.19. The third-order valence-corrected chi connectivity index (χ3v) is 10.9. The third kappa shape index (κ3) is 5.28. The first-order valence-corrected chi connectivity index (χ1v) is 18.7. The first-order chi connectivity index (χ1) is 27.2. The summed E-state index contributed by atoms with van der Waals surface area (Å²) in [6.45, 7) is 0. The normalized spacial score (nSPS) is 11.6. The van der Waals surface area contributed by atoms with E-state index in [0.717, 1.165) is 83.2 Å². The van der Waals surface area contributed by atoms with Crippen molar-refractivity contribution in [2.75, 3.05) is 4.90 Å². The zero-order valence-electron chi connectivity index (χ0n) is 29.8. The highest BCUT2D eigenvalue weighted by atomic mass is 16.3. The van der Waals surface area contributed by atoms with E-state index in [1.165, 1.54) is 21.9 Å². The number of rotatable bonds is 6. The molecule has 2 heterocycles. The van der Waals surface area contributed by atoms with E-state index in [4.69, 9.17) is 8.83 Å². The van der Waals surface area contributed by atoms with Crippen LogP contribution in [-0.2, 0) is 0 Å². The van der Waals surface area contributed by atoms with Gasteiger partial charge in [-0.3, -0.25) is 0 Å². The Morgan fingerprint density at radius 3 is 1.67 bits per heavy atom. The maximum Gasteiger partial charge on any atom is 0.136 e. The molecule has 2 aromatic heterocycles. The standard InChI is InChI=1S/C52H33NO2/c1-2-10-34(11-3-1)35-18-25-40(26-19-35)53(41-27-20-36(21-28-41)38-22-29-45-44-15-7-9-17-48(44)54-50(45)32-38)47-16-8-6-13-42(47)39-23-30-46-51(33-39)55-49-31-24-37-12-4-5-14-43(37)52(46)49/h1-33H. The number of para-hydroxylation sites is 2. The number of nitrogens with zero attached hydrogens (tertiary/aromatic N) is 1. The van der Waals surface area contributed by atoms with Crippen molar-refractivity contribution < 1.29 is 8.83 Å². The fourth-order valence-corrected chi connectivity index (χ4v) is 8.20. The second-order valence-electron chi connectivity index (χ2n) is 14.1. The van der Waals surface area contributed by atoms with Gasteiger partial charge in [0.1, 0.15) is 22.3 Å². The predicted molar refractivity (Wildman–Crippen MR) is 229 cm³/mol. The zero-order valence-corrected chi connectivity index (χ0v) is 29.8. The lowest BCUT2D eigenvalue weighted by molar-refractivity contribution is 0.669. The fraction of sp³-hybridized carbons (Fsp3) is 0. The van der Waals surface area contributed by atoms with Crippen LogP contribution >= 0.6 is 0 Å². The molecule has 9 aromatic carbocycles. The summed E-state index contributed by atoms with van der Waals surface area (Å²) < 4.78 is 12.8. The van der Waals surface area contributed by atoms with Crippen LogP contribution in [0.4, 0.5) is 17.1 Å². The lowest BCUT2D eigenvalue weighted by Crippen LogP contribution is -2.11. The number of anilines is 3. The van der Waals surface area contributed by atoms with Crippen LogP contribution in [0.15, 0.2) is 209 Å². The molecular formula is C52H33NO2. The van der Waals surface area contributed by atoms with Gasteiger partial charge in [-0.1, -0.05) is 133 Å². The molecule has 0 spiro atoms. The van der Waals surface area contributed by atoms with Crippen molar-refractivity contribution in [3.63, 3.8) is 0 Å². The smallest absolute Gasteiger partial charge is 0.136 e. The molecule has 258 valence electrons. The molecule has 0 amide bonds. The quantitative estimate of drug-likeness (QED) is 0.173. The van der Waals surface area contributed by atoms with Gasteiger partial charge in [0, 0.05) is 38.5 Å². The van der Waals surface area contributed by atoms with Crippen LogP contribution in [0.2, 0.25) is 0 Å². The Labute approximate surface area is 317 Å². The number of furan rings is 2. The molecule has 0 aliphatic heterocycles. The van der Waals surface area contributed by atoms with Gasteiger partial charge in [-0.25, -0.2) is 0 Å². The van der Waals surface area contributed by atoms with Gasteiger partial charge in [0.15, 0.2) is 0 Å².